The van der Waals surface area contributed by atoms with Gasteiger partial charge in [-0.1, -0.05) is 23.2 Å². The van der Waals surface area contributed by atoms with Gasteiger partial charge in [0.05, 0.1) is 16.3 Å². The predicted molar refractivity (Wildman–Crippen MR) is 98.2 cm³/mol. The highest BCUT2D eigenvalue weighted by Gasteiger charge is 2.29. The fourth-order valence-electron chi connectivity index (χ4n) is 3.44. The fraction of sp³-hybridized carbons (Fsp3) is 0.412. The number of carbonyl (C=O) groups excluding carboxylic acids is 1. The molecular weight excluding hydrogens is 381 g/mol. The summed E-state index contributed by atoms with van der Waals surface area (Å²) in [6.45, 7) is 1.30. The average Bonchev–Trinajstić information content (AvgIpc) is 2.89. The normalized spacial score (nSPS) is 16.3. The minimum Gasteiger partial charge on any atom is -0.482 e. The van der Waals surface area contributed by atoms with Crippen molar-refractivity contribution >= 4 is 34.8 Å². The molecule has 7 nitrogen and oxygen atoms in total. The van der Waals surface area contributed by atoms with Crippen LogP contribution in [0.5, 0.6) is 5.75 Å². The van der Waals surface area contributed by atoms with Gasteiger partial charge >= 0.3 is 0 Å². The molecule has 1 amide bonds. The third-order valence-corrected chi connectivity index (χ3v) is 5.38. The molecule has 1 aromatic carbocycles. The second-order valence-electron chi connectivity index (χ2n) is 6.25. The molecular formula is C17H17Cl2N3O4. The van der Waals surface area contributed by atoms with Crippen LogP contribution in [-0.2, 0) is 22.6 Å². The van der Waals surface area contributed by atoms with E-state index >= 15 is 0 Å². The van der Waals surface area contributed by atoms with Crippen LogP contribution in [0, 0.1) is 0 Å². The van der Waals surface area contributed by atoms with Crippen molar-refractivity contribution in [3.05, 3.63) is 32.7 Å². The summed E-state index contributed by atoms with van der Waals surface area (Å²) >= 11 is 12.9. The molecule has 0 atom stereocenters. The van der Waals surface area contributed by atoms with Crippen molar-refractivity contribution in [3.8, 4) is 16.9 Å². The number of aromatic nitrogens is 2. The van der Waals surface area contributed by atoms with E-state index in [9.17, 15) is 9.59 Å². The number of nitrogens with zero attached hydrogens (tertiary/aromatic N) is 3. The molecule has 0 aliphatic carbocycles. The monoisotopic (exact) mass is 397 g/mol. The van der Waals surface area contributed by atoms with Crippen molar-refractivity contribution < 1.29 is 14.3 Å². The van der Waals surface area contributed by atoms with Gasteiger partial charge in [0.25, 0.3) is 11.5 Å². The molecule has 1 aromatic heterocycles. The van der Waals surface area contributed by atoms with Crippen LogP contribution in [0.25, 0.3) is 11.1 Å². The molecule has 9 heteroatoms. The lowest BCUT2D eigenvalue weighted by atomic mass is 10.1. The van der Waals surface area contributed by atoms with E-state index in [1.807, 2.05) is 0 Å². The maximum Gasteiger partial charge on any atom is 0.276 e. The number of carbonyl (C=O) groups is 1. The average molecular weight is 398 g/mol. The number of halogens is 2. The number of methoxy groups -OCH3 is 1. The minimum atomic E-state index is -0.230. The van der Waals surface area contributed by atoms with Crippen molar-refractivity contribution in [2.45, 2.75) is 25.9 Å². The quantitative estimate of drug-likeness (QED) is 0.798. The summed E-state index contributed by atoms with van der Waals surface area (Å²) < 4.78 is 14.0. The molecule has 4 rings (SSSR count). The van der Waals surface area contributed by atoms with E-state index in [-0.39, 0.29) is 24.8 Å². The first kappa shape index (κ1) is 17.5. The highest BCUT2D eigenvalue weighted by Crippen LogP contribution is 2.42. The van der Waals surface area contributed by atoms with Gasteiger partial charge in [-0.25, -0.2) is 4.68 Å². The second-order valence-corrected chi connectivity index (χ2v) is 7.02. The van der Waals surface area contributed by atoms with Gasteiger partial charge in [0.15, 0.2) is 6.61 Å². The molecule has 2 aliphatic heterocycles. The number of rotatable bonds is 3. The molecule has 0 N–H and O–H groups in total. The first-order valence-electron chi connectivity index (χ1n) is 8.28. The Hall–Kier alpha value is -1.96. The lowest BCUT2D eigenvalue weighted by Crippen LogP contribution is -2.40. The maximum absolute atomic E-state index is 12.9. The van der Waals surface area contributed by atoms with E-state index < -0.39 is 0 Å². The van der Waals surface area contributed by atoms with Crippen LogP contribution < -0.4 is 15.2 Å². The van der Waals surface area contributed by atoms with E-state index in [1.54, 1.807) is 21.5 Å². The summed E-state index contributed by atoms with van der Waals surface area (Å²) in [4.78, 5) is 26.5. The van der Waals surface area contributed by atoms with Gasteiger partial charge in [0, 0.05) is 31.8 Å². The molecule has 26 heavy (non-hydrogen) atoms. The van der Waals surface area contributed by atoms with E-state index in [0.29, 0.717) is 45.8 Å². The van der Waals surface area contributed by atoms with Crippen molar-refractivity contribution in [3.63, 3.8) is 0 Å². The molecule has 0 radical (unpaired) electrons. The Kier molecular flexibility index (Phi) is 4.46. The zero-order valence-corrected chi connectivity index (χ0v) is 15.6. The van der Waals surface area contributed by atoms with Crippen molar-refractivity contribution in [1.82, 2.24) is 9.36 Å². The summed E-state index contributed by atoms with van der Waals surface area (Å²) in [6, 6.07) is 3.28. The van der Waals surface area contributed by atoms with Gasteiger partial charge in [-0.2, -0.15) is 0 Å². The summed E-state index contributed by atoms with van der Waals surface area (Å²) in [5.41, 5.74) is 1.15. The number of hydrogen-bond donors (Lipinski definition) is 0. The third-order valence-electron chi connectivity index (χ3n) is 4.68. The van der Waals surface area contributed by atoms with Crippen LogP contribution >= 0.6 is 23.2 Å². The molecule has 2 aromatic rings. The molecule has 0 unspecified atom stereocenters. The maximum atomic E-state index is 12.9. The fourth-order valence-corrected chi connectivity index (χ4v) is 4.04. The number of fused-ring (bicyclic) bond motifs is 2. The Morgan fingerprint density at radius 1 is 1.15 bits per heavy atom. The SMILES string of the molecule is COCN1C(=O)COc2cc(Cl)c(-c3c(Cl)n4n(c3=O)CCCC4)cc21. The summed E-state index contributed by atoms with van der Waals surface area (Å²) in [5.74, 6) is 0.238. The smallest absolute Gasteiger partial charge is 0.276 e. The van der Waals surface area contributed by atoms with Crippen molar-refractivity contribution in [2.75, 3.05) is 25.3 Å². The van der Waals surface area contributed by atoms with Crippen LogP contribution in [0.2, 0.25) is 10.2 Å². The van der Waals surface area contributed by atoms with E-state index in [0.717, 1.165) is 12.8 Å². The Morgan fingerprint density at radius 3 is 2.58 bits per heavy atom. The van der Waals surface area contributed by atoms with Crippen LogP contribution in [0.1, 0.15) is 12.8 Å². The molecule has 3 heterocycles. The third kappa shape index (κ3) is 2.62. The second kappa shape index (κ2) is 6.64. The molecule has 2 aliphatic rings. The summed E-state index contributed by atoms with van der Waals surface area (Å²) in [6.07, 6.45) is 1.90. The van der Waals surface area contributed by atoms with Crippen molar-refractivity contribution in [2.24, 2.45) is 0 Å². The molecule has 0 fully saturated rings. The van der Waals surface area contributed by atoms with Crippen molar-refractivity contribution in [1.29, 1.82) is 0 Å². The van der Waals surface area contributed by atoms with E-state index in [1.165, 1.54) is 12.0 Å². The lowest BCUT2D eigenvalue weighted by molar-refractivity contribution is -0.122. The number of amides is 1. The van der Waals surface area contributed by atoms with Gasteiger partial charge in [0.2, 0.25) is 0 Å². The Bertz CT molecular complexity index is 950. The van der Waals surface area contributed by atoms with Gasteiger partial charge in [0.1, 0.15) is 17.6 Å². The van der Waals surface area contributed by atoms with Gasteiger partial charge in [-0.3, -0.25) is 19.2 Å². The number of ether oxygens (including phenoxy) is 2. The van der Waals surface area contributed by atoms with Crippen LogP contribution in [0.4, 0.5) is 5.69 Å². The largest absolute Gasteiger partial charge is 0.482 e. The van der Waals surface area contributed by atoms with Gasteiger partial charge < -0.3 is 9.47 Å². The molecule has 0 saturated heterocycles. The molecule has 0 spiro atoms. The first-order valence-corrected chi connectivity index (χ1v) is 9.03. The number of hydrogen-bond acceptors (Lipinski definition) is 4. The lowest BCUT2D eigenvalue weighted by Gasteiger charge is -2.29. The minimum absolute atomic E-state index is 0.0786. The first-order chi connectivity index (χ1) is 12.5. The molecule has 0 bridgehead atoms. The topological polar surface area (TPSA) is 65.7 Å². The number of benzene rings is 1. The van der Waals surface area contributed by atoms with E-state index in [4.69, 9.17) is 32.7 Å². The Balaban J connectivity index is 1.90. The van der Waals surface area contributed by atoms with Crippen LogP contribution in [0.3, 0.4) is 0 Å². The standard InChI is InChI=1S/C17H17Cl2N3O4/c1-25-9-20-12-6-10(11(18)7-13(12)26-8-14(20)23)15-16(19)21-4-2-3-5-22(21)17(15)24/h6-7H,2-5,8-9H2,1H3. The van der Waals surface area contributed by atoms with Crippen LogP contribution in [0.15, 0.2) is 16.9 Å². The summed E-state index contributed by atoms with van der Waals surface area (Å²) in [5, 5.41) is 0.705. The zero-order valence-electron chi connectivity index (χ0n) is 14.1. The highest BCUT2D eigenvalue weighted by molar-refractivity contribution is 6.36. The summed E-state index contributed by atoms with van der Waals surface area (Å²) in [7, 11) is 1.50. The predicted octanol–water partition coefficient (Wildman–Crippen LogP) is 2.75. The van der Waals surface area contributed by atoms with E-state index in [2.05, 4.69) is 0 Å². The zero-order chi connectivity index (χ0) is 18.4. The van der Waals surface area contributed by atoms with Crippen LogP contribution in [-0.4, -0.2) is 35.7 Å². The molecule has 0 saturated carbocycles. The number of anilines is 1. The Labute approximate surface area is 159 Å². The Morgan fingerprint density at radius 2 is 1.88 bits per heavy atom. The highest BCUT2D eigenvalue weighted by atomic mass is 35.5. The van der Waals surface area contributed by atoms with Gasteiger partial charge in [-0.05, 0) is 18.9 Å². The van der Waals surface area contributed by atoms with Gasteiger partial charge in [-0.15, -0.1) is 0 Å². The molecule has 138 valence electrons.